The number of aromatic amines is 1. The van der Waals surface area contributed by atoms with Gasteiger partial charge in [0.25, 0.3) is 5.91 Å². The van der Waals surface area contributed by atoms with Crippen LogP contribution >= 0.6 is 11.6 Å². The summed E-state index contributed by atoms with van der Waals surface area (Å²) in [5.74, 6) is -2.41. The highest BCUT2D eigenvalue weighted by atomic mass is 35.5. The summed E-state index contributed by atoms with van der Waals surface area (Å²) in [7, 11) is 0. The number of H-pyrrole nitrogens is 1. The molecule has 2 saturated heterocycles. The van der Waals surface area contributed by atoms with Gasteiger partial charge in [-0.1, -0.05) is 43.6 Å². The Balaban J connectivity index is 0.00000245. The summed E-state index contributed by atoms with van der Waals surface area (Å²) in [6, 6.07) is 17.1. The number of carbonyl (C=O) groups excluding carboxylic acids is 4. The monoisotopic (exact) mass is 759 g/mol. The molecule has 1 aromatic heterocycles. The van der Waals surface area contributed by atoms with E-state index >= 15 is 0 Å². The van der Waals surface area contributed by atoms with Gasteiger partial charge in [-0.15, -0.1) is 0 Å². The highest BCUT2D eigenvalue weighted by molar-refractivity contribution is 6.31. The minimum atomic E-state index is -1.17. The minimum absolute atomic E-state index is 0.0717. The van der Waals surface area contributed by atoms with Gasteiger partial charge in [0.1, 0.15) is 17.6 Å². The molecule has 0 bridgehead atoms. The molecule has 286 valence electrons. The number of halogens is 2. The number of ether oxygens (including phenoxy) is 2. The van der Waals surface area contributed by atoms with E-state index in [0.29, 0.717) is 35.8 Å². The first-order valence-electron chi connectivity index (χ1n) is 18.6. The number of likely N-dealkylation sites (tertiary alicyclic amines) is 2. The van der Waals surface area contributed by atoms with Crippen LogP contribution < -0.4 is 15.8 Å². The minimum Gasteiger partial charge on any atom is -0.490 e. The van der Waals surface area contributed by atoms with E-state index < -0.39 is 29.9 Å². The number of fused-ring (bicyclic) bond motifs is 2. The van der Waals surface area contributed by atoms with E-state index in [1.54, 1.807) is 71.5 Å². The number of primary amides is 1. The van der Waals surface area contributed by atoms with Crippen LogP contribution in [0.5, 0.6) is 5.75 Å². The van der Waals surface area contributed by atoms with Crippen molar-refractivity contribution in [2.45, 2.75) is 64.9 Å². The van der Waals surface area contributed by atoms with Crippen LogP contribution in [-0.2, 0) is 32.1 Å². The summed E-state index contributed by atoms with van der Waals surface area (Å²) in [5, 5.41) is 4.27. The van der Waals surface area contributed by atoms with E-state index in [9.17, 15) is 23.6 Å². The van der Waals surface area contributed by atoms with Crippen LogP contribution in [0.15, 0.2) is 72.9 Å². The van der Waals surface area contributed by atoms with Crippen molar-refractivity contribution in [3.63, 3.8) is 0 Å². The van der Waals surface area contributed by atoms with Crippen molar-refractivity contribution in [1.29, 1.82) is 0 Å². The molecule has 13 heteroatoms. The summed E-state index contributed by atoms with van der Waals surface area (Å²) in [6.45, 7) is 6.85. The standard InChI is InChI=1S/C39H41ClFN5O6.C2H6/c1-22(51-21-23-2-7-28(41)8-3-23)36(37(42)48)44-38(49)33-20-45(35(47)14-25-16-43-34-15-27(40)6-13-31(25)34)17-26-18-46(19-32(26)33)39(50)24-4-9-29(10-5-24)52-30-11-12-30;1-2/h2-10,13,15-16,22,26,30,32-33,36,43H,11-12,14,17-21H2,1H3,(H2,42,48)(H,44,49);1-2H3/t22-,26?,32?,33?,36-;/m1./s1. The molecule has 3 heterocycles. The third-order valence-corrected chi connectivity index (χ3v) is 10.6. The van der Waals surface area contributed by atoms with Crippen molar-refractivity contribution in [2.24, 2.45) is 23.5 Å². The van der Waals surface area contributed by atoms with E-state index in [0.717, 1.165) is 35.1 Å². The molecule has 1 saturated carbocycles. The molecule has 11 nitrogen and oxygen atoms in total. The van der Waals surface area contributed by atoms with Gasteiger partial charge in [0, 0.05) is 53.9 Å². The third-order valence-electron chi connectivity index (χ3n) is 10.4. The van der Waals surface area contributed by atoms with Gasteiger partial charge in [-0.25, -0.2) is 4.39 Å². The number of amides is 4. The summed E-state index contributed by atoms with van der Waals surface area (Å²) >= 11 is 6.16. The number of piperidine rings is 1. The fourth-order valence-electron chi connectivity index (χ4n) is 7.32. The van der Waals surface area contributed by atoms with E-state index in [1.165, 1.54) is 12.1 Å². The number of rotatable bonds is 12. The van der Waals surface area contributed by atoms with Gasteiger partial charge in [0.2, 0.25) is 17.7 Å². The Morgan fingerprint density at radius 2 is 1.67 bits per heavy atom. The van der Waals surface area contributed by atoms with Gasteiger partial charge >= 0.3 is 0 Å². The predicted molar refractivity (Wildman–Crippen MR) is 203 cm³/mol. The molecule has 54 heavy (non-hydrogen) atoms. The lowest BCUT2D eigenvalue weighted by Gasteiger charge is -2.40. The Morgan fingerprint density at radius 3 is 2.35 bits per heavy atom. The summed E-state index contributed by atoms with van der Waals surface area (Å²) in [5.41, 5.74) is 8.58. The SMILES string of the molecule is CC.C[C@@H](OCc1ccc(F)cc1)[C@@H](NC(=O)C1CN(C(=O)Cc2c[nH]c3cc(Cl)ccc23)CC2CN(C(=O)c3ccc(OC4CC4)cc3)CC21)C(N)=O. The molecule has 3 fully saturated rings. The molecule has 4 N–H and O–H groups in total. The number of nitrogens with one attached hydrogen (secondary N) is 2. The van der Waals surface area contributed by atoms with E-state index in [4.69, 9.17) is 26.8 Å². The maximum absolute atomic E-state index is 14.2. The lowest BCUT2D eigenvalue weighted by Crippen LogP contribution is -2.58. The van der Waals surface area contributed by atoms with Gasteiger partial charge in [0.15, 0.2) is 0 Å². The quantitative estimate of drug-likeness (QED) is 0.174. The molecule has 1 aliphatic carbocycles. The number of carbonyl (C=O) groups is 4. The van der Waals surface area contributed by atoms with Crippen molar-refractivity contribution in [2.75, 3.05) is 26.2 Å². The zero-order valence-corrected chi connectivity index (χ0v) is 31.5. The van der Waals surface area contributed by atoms with Crippen molar-refractivity contribution >= 4 is 46.1 Å². The highest BCUT2D eigenvalue weighted by Gasteiger charge is 2.48. The molecule has 3 unspecified atom stereocenters. The second-order valence-electron chi connectivity index (χ2n) is 14.1. The van der Waals surface area contributed by atoms with Gasteiger partial charge < -0.3 is 35.3 Å². The lowest BCUT2D eigenvalue weighted by atomic mass is 9.79. The van der Waals surface area contributed by atoms with Crippen LogP contribution in [0.4, 0.5) is 4.39 Å². The Kier molecular flexibility index (Phi) is 12.2. The fourth-order valence-corrected chi connectivity index (χ4v) is 7.50. The number of nitrogens with two attached hydrogens (primary N) is 1. The Morgan fingerprint density at radius 1 is 0.963 bits per heavy atom. The number of hydrogen-bond acceptors (Lipinski definition) is 6. The third kappa shape index (κ3) is 9.05. The van der Waals surface area contributed by atoms with Crippen LogP contribution in [0.2, 0.25) is 5.02 Å². The van der Waals surface area contributed by atoms with E-state index in [2.05, 4.69) is 10.3 Å². The highest BCUT2D eigenvalue weighted by Crippen LogP contribution is 2.37. The van der Waals surface area contributed by atoms with Crippen LogP contribution in [0.3, 0.4) is 0 Å². The second-order valence-corrected chi connectivity index (χ2v) is 14.5. The lowest BCUT2D eigenvalue weighted by molar-refractivity contribution is -0.141. The Bertz CT molecular complexity index is 1970. The first kappa shape index (κ1) is 38.8. The summed E-state index contributed by atoms with van der Waals surface area (Å²) in [6.07, 6.45) is 3.38. The van der Waals surface area contributed by atoms with E-state index in [-0.39, 0.29) is 55.1 Å². The second kappa shape index (κ2) is 17.0. The van der Waals surface area contributed by atoms with Crippen LogP contribution in [0, 0.1) is 23.6 Å². The van der Waals surface area contributed by atoms with Crippen molar-refractivity contribution in [3.05, 3.63) is 100 Å². The van der Waals surface area contributed by atoms with Crippen LogP contribution in [0.25, 0.3) is 10.9 Å². The molecular weight excluding hydrogens is 713 g/mol. The smallest absolute Gasteiger partial charge is 0.253 e. The normalized spacial score (nSPS) is 20.4. The number of benzene rings is 3. The summed E-state index contributed by atoms with van der Waals surface area (Å²) < 4.78 is 25.1. The van der Waals surface area contributed by atoms with Crippen molar-refractivity contribution in [3.8, 4) is 5.75 Å². The molecule has 4 aromatic rings. The molecular formula is C41H47ClFN5O6. The number of aromatic nitrogens is 1. The predicted octanol–water partition coefficient (Wildman–Crippen LogP) is 5.49. The zero-order chi connectivity index (χ0) is 38.5. The first-order valence-corrected chi connectivity index (χ1v) is 18.9. The number of hydrogen-bond donors (Lipinski definition) is 3. The zero-order valence-electron chi connectivity index (χ0n) is 30.7. The summed E-state index contributed by atoms with van der Waals surface area (Å²) in [4.78, 5) is 61.0. The first-order chi connectivity index (χ1) is 26.0. The molecule has 3 aromatic carbocycles. The van der Waals surface area contributed by atoms with Gasteiger partial charge in [-0.2, -0.15) is 0 Å². The maximum Gasteiger partial charge on any atom is 0.253 e. The average molecular weight is 760 g/mol. The van der Waals surface area contributed by atoms with Crippen LogP contribution in [-0.4, -0.2) is 82.8 Å². The maximum atomic E-state index is 14.2. The molecule has 0 radical (unpaired) electrons. The van der Waals surface area contributed by atoms with Crippen molar-refractivity contribution in [1.82, 2.24) is 20.1 Å². The topological polar surface area (TPSA) is 147 Å². The van der Waals surface area contributed by atoms with Gasteiger partial charge in [0.05, 0.1) is 31.2 Å². The number of nitrogens with zero attached hydrogens (tertiary/aromatic N) is 2. The average Bonchev–Trinajstić information content (AvgIpc) is 3.74. The van der Waals surface area contributed by atoms with E-state index in [1.807, 2.05) is 19.9 Å². The van der Waals surface area contributed by atoms with Crippen LogP contribution in [0.1, 0.15) is 55.1 Å². The molecule has 5 atom stereocenters. The molecule has 7 rings (SSSR count). The molecule has 4 amide bonds. The van der Waals surface area contributed by atoms with Gasteiger partial charge in [-0.05, 0) is 91.3 Å². The van der Waals surface area contributed by atoms with Crippen molar-refractivity contribution < 1.29 is 33.0 Å². The molecule has 2 aliphatic heterocycles. The fraction of sp³-hybridized carbons (Fsp3) is 0.415. The Labute approximate surface area is 319 Å². The molecule has 0 spiro atoms. The van der Waals surface area contributed by atoms with Gasteiger partial charge in [-0.3, -0.25) is 19.2 Å². The largest absolute Gasteiger partial charge is 0.490 e. The molecule has 3 aliphatic rings. The Hall–Kier alpha value is -4.94.